The molecule has 3 nitrogen and oxygen atoms in total. The Labute approximate surface area is 158 Å². The van der Waals surface area contributed by atoms with Crippen molar-refractivity contribution in [2.24, 2.45) is 10.8 Å². The molecule has 0 radical (unpaired) electrons. The van der Waals surface area contributed by atoms with Crippen LogP contribution in [0.1, 0.15) is 60.8 Å². The largest absolute Gasteiger partial charge is 0.392 e. The zero-order valence-electron chi connectivity index (χ0n) is 15.4. The molecule has 2 aromatic carbocycles. The third kappa shape index (κ3) is 1.42. The lowest BCUT2D eigenvalue weighted by Gasteiger charge is -2.60. The van der Waals surface area contributed by atoms with Crippen LogP contribution < -0.4 is 0 Å². The van der Waals surface area contributed by atoms with Gasteiger partial charge in [0.05, 0.1) is 0 Å². The molecule has 2 atom stereocenters. The van der Waals surface area contributed by atoms with Crippen molar-refractivity contribution in [1.82, 2.24) is 0 Å². The molecular formula is C24H20O3. The van der Waals surface area contributed by atoms with Crippen molar-refractivity contribution >= 4 is 11.9 Å². The van der Waals surface area contributed by atoms with Gasteiger partial charge in [-0.1, -0.05) is 59.7 Å². The normalized spacial score (nSPS) is 35.3. The summed E-state index contributed by atoms with van der Waals surface area (Å²) in [5.41, 5.74) is 5.57. The van der Waals surface area contributed by atoms with E-state index in [1.807, 2.05) is 24.3 Å². The Morgan fingerprint density at radius 3 is 1.37 bits per heavy atom. The molecule has 7 rings (SSSR count). The average Bonchev–Trinajstić information content (AvgIpc) is 2.89. The molecule has 0 spiro atoms. The maximum absolute atomic E-state index is 13.4. The average molecular weight is 356 g/mol. The minimum Gasteiger partial charge on any atom is -0.392 e. The van der Waals surface area contributed by atoms with E-state index in [0.29, 0.717) is 12.8 Å². The van der Waals surface area contributed by atoms with Crippen LogP contribution in [0.4, 0.5) is 0 Å². The molecule has 2 aromatic rings. The first kappa shape index (κ1) is 15.4. The van der Waals surface area contributed by atoms with Gasteiger partial charge in [0.2, 0.25) is 0 Å². The van der Waals surface area contributed by atoms with Crippen molar-refractivity contribution in [2.75, 3.05) is 0 Å². The Hall–Kier alpha value is -2.68. The summed E-state index contributed by atoms with van der Waals surface area (Å²) in [4.78, 5) is 26.7. The molecule has 1 aliphatic heterocycles. The van der Waals surface area contributed by atoms with Crippen molar-refractivity contribution in [1.29, 1.82) is 0 Å². The van der Waals surface area contributed by atoms with Crippen molar-refractivity contribution < 1.29 is 14.3 Å². The number of ether oxygens (including phenoxy) is 1. The summed E-state index contributed by atoms with van der Waals surface area (Å²) in [6, 6.07) is 16.7. The first-order valence-corrected chi connectivity index (χ1v) is 9.62. The minimum absolute atomic E-state index is 0.128. The first-order chi connectivity index (χ1) is 13.0. The van der Waals surface area contributed by atoms with Crippen LogP contribution in [-0.2, 0) is 14.3 Å². The molecule has 134 valence electrons. The number of carbonyl (C=O) groups is 2. The van der Waals surface area contributed by atoms with Crippen LogP contribution in [0.2, 0.25) is 0 Å². The van der Waals surface area contributed by atoms with Crippen molar-refractivity contribution in [2.45, 2.75) is 38.5 Å². The third-order valence-corrected chi connectivity index (χ3v) is 7.75. The molecule has 1 saturated heterocycles. The lowest BCUT2D eigenvalue weighted by molar-refractivity contribution is -0.156. The fourth-order valence-electron chi connectivity index (χ4n) is 6.65. The molecule has 5 aliphatic rings. The van der Waals surface area contributed by atoms with E-state index in [9.17, 15) is 9.59 Å². The van der Waals surface area contributed by atoms with Crippen LogP contribution in [0.15, 0.2) is 59.7 Å². The summed E-state index contributed by atoms with van der Waals surface area (Å²) >= 11 is 0. The van der Waals surface area contributed by atoms with Gasteiger partial charge in [0.25, 0.3) is 0 Å². The predicted octanol–water partition coefficient (Wildman–Crippen LogP) is 4.46. The predicted molar refractivity (Wildman–Crippen MR) is 100 cm³/mol. The standard InChI is InChI=1S/C24H20O3/c1-13-11-23-19-15-7-3-5-9-17(15)20(18-10-6-4-8-16(18)19)24(23,12-14(13)2)22(26)27-21(23)25/h3-10,19-20H,11-12H2,1-2H3/t19?,20?,23-,24+. The van der Waals surface area contributed by atoms with Gasteiger partial charge in [-0.25, -0.2) is 0 Å². The summed E-state index contributed by atoms with van der Waals surface area (Å²) in [6.45, 7) is 4.20. The van der Waals surface area contributed by atoms with Crippen LogP contribution in [0, 0.1) is 10.8 Å². The van der Waals surface area contributed by atoms with Gasteiger partial charge in [-0.2, -0.15) is 0 Å². The van der Waals surface area contributed by atoms with Gasteiger partial charge >= 0.3 is 11.9 Å². The second-order valence-corrected chi connectivity index (χ2v) is 8.66. The van der Waals surface area contributed by atoms with Gasteiger partial charge in [0.1, 0.15) is 10.8 Å². The van der Waals surface area contributed by atoms with Crippen LogP contribution in [0.3, 0.4) is 0 Å². The number of hydrogen-bond donors (Lipinski definition) is 0. The van der Waals surface area contributed by atoms with E-state index in [1.165, 1.54) is 33.4 Å². The molecular weight excluding hydrogens is 336 g/mol. The molecule has 1 fully saturated rings. The SMILES string of the molecule is CC1=C(C)C[C@]23C(=O)OC(=O)[C@@]2(C1)C1c2ccccc2C3c2ccccc21. The zero-order valence-corrected chi connectivity index (χ0v) is 15.4. The van der Waals surface area contributed by atoms with Crippen LogP contribution in [0.5, 0.6) is 0 Å². The highest BCUT2D eigenvalue weighted by atomic mass is 16.6. The molecule has 0 unspecified atom stereocenters. The van der Waals surface area contributed by atoms with Crippen LogP contribution >= 0.6 is 0 Å². The molecule has 0 saturated carbocycles. The smallest absolute Gasteiger partial charge is 0.322 e. The first-order valence-electron chi connectivity index (χ1n) is 9.62. The monoisotopic (exact) mass is 356 g/mol. The number of hydrogen-bond acceptors (Lipinski definition) is 3. The molecule has 1 heterocycles. The van der Waals surface area contributed by atoms with Gasteiger partial charge in [-0.3, -0.25) is 9.59 Å². The Balaban J connectivity index is 1.81. The molecule has 0 N–H and O–H groups in total. The fraction of sp³-hybridized carbons (Fsp3) is 0.333. The van der Waals surface area contributed by atoms with E-state index in [1.54, 1.807) is 0 Å². The molecule has 3 heteroatoms. The lowest BCUT2D eigenvalue weighted by Crippen LogP contribution is -2.60. The Morgan fingerprint density at radius 1 is 0.704 bits per heavy atom. The van der Waals surface area contributed by atoms with Crippen molar-refractivity contribution in [3.8, 4) is 0 Å². The van der Waals surface area contributed by atoms with E-state index < -0.39 is 10.8 Å². The highest BCUT2D eigenvalue weighted by molar-refractivity contribution is 6.06. The summed E-state index contributed by atoms with van der Waals surface area (Å²) in [5, 5.41) is 0. The minimum atomic E-state index is -0.818. The summed E-state index contributed by atoms with van der Waals surface area (Å²) in [6.07, 6.45) is 1.21. The Morgan fingerprint density at radius 2 is 1.04 bits per heavy atom. The lowest BCUT2D eigenvalue weighted by atomic mass is 9.37. The maximum atomic E-state index is 13.4. The van der Waals surface area contributed by atoms with Gasteiger partial charge in [0.15, 0.2) is 0 Å². The number of carbonyl (C=O) groups excluding carboxylic acids is 2. The van der Waals surface area contributed by atoms with E-state index in [0.717, 1.165) is 0 Å². The maximum Gasteiger partial charge on any atom is 0.322 e. The van der Waals surface area contributed by atoms with Gasteiger partial charge in [-0.05, 0) is 48.9 Å². The zero-order chi connectivity index (χ0) is 18.6. The highest BCUT2D eigenvalue weighted by Gasteiger charge is 2.79. The van der Waals surface area contributed by atoms with Crippen molar-refractivity contribution in [3.63, 3.8) is 0 Å². The molecule has 4 aliphatic carbocycles. The number of benzene rings is 2. The van der Waals surface area contributed by atoms with E-state index in [2.05, 4.69) is 38.1 Å². The number of cyclic esters (lactones) is 2. The summed E-state index contributed by atoms with van der Waals surface area (Å²) < 4.78 is 5.47. The highest BCUT2D eigenvalue weighted by Crippen LogP contribution is 2.77. The number of esters is 2. The van der Waals surface area contributed by atoms with Gasteiger partial charge < -0.3 is 4.74 Å². The second-order valence-electron chi connectivity index (χ2n) is 8.66. The third-order valence-electron chi connectivity index (χ3n) is 7.75. The Bertz CT molecular complexity index is 963. The summed E-state index contributed by atoms with van der Waals surface area (Å²) in [7, 11) is 0. The number of rotatable bonds is 0. The van der Waals surface area contributed by atoms with Crippen molar-refractivity contribution in [3.05, 3.63) is 81.9 Å². The van der Waals surface area contributed by atoms with Gasteiger partial charge in [-0.15, -0.1) is 0 Å². The quantitative estimate of drug-likeness (QED) is 0.397. The topological polar surface area (TPSA) is 43.4 Å². The second kappa shape index (κ2) is 4.59. The van der Waals surface area contributed by atoms with Crippen LogP contribution in [-0.4, -0.2) is 11.9 Å². The van der Waals surface area contributed by atoms with Gasteiger partial charge in [0, 0.05) is 11.8 Å². The molecule has 27 heavy (non-hydrogen) atoms. The fourth-order valence-corrected chi connectivity index (χ4v) is 6.65. The summed E-state index contributed by atoms with van der Waals surface area (Å²) in [5.74, 6) is -0.898. The van der Waals surface area contributed by atoms with E-state index >= 15 is 0 Å². The van der Waals surface area contributed by atoms with E-state index in [4.69, 9.17) is 4.74 Å². The Kier molecular flexibility index (Phi) is 2.61. The molecule has 2 bridgehead atoms. The van der Waals surface area contributed by atoms with Crippen LogP contribution in [0.25, 0.3) is 0 Å². The van der Waals surface area contributed by atoms with E-state index in [-0.39, 0.29) is 23.8 Å². The molecule has 0 amide bonds. The number of allylic oxidation sites excluding steroid dienone is 2. The molecule has 0 aromatic heterocycles.